The number of anilines is 2. The number of hydrogen-bond donors (Lipinski definition) is 1. The lowest BCUT2D eigenvalue weighted by atomic mass is 10.1. The van der Waals surface area contributed by atoms with Crippen molar-refractivity contribution in [2.24, 2.45) is 0 Å². The molecule has 0 aliphatic carbocycles. The van der Waals surface area contributed by atoms with Crippen molar-refractivity contribution in [1.29, 1.82) is 0 Å². The molecule has 1 unspecified atom stereocenters. The fourth-order valence-corrected chi connectivity index (χ4v) is 3.63. The molecule has 1 saturated heterocycles. The molecule has 2 aromatic rings. The Labute approximate surface area is 177 Å². The number of nitrogens with zero attached hydrogens (tertiary/aromatic N) is 2. The molecule has 29 heavy (non-hydrogen) atoms. The Kier molecular flexibility index (Phi) is 7.53. The molecule has 1 N–H and O–H groups in total. The van der Waals surface area contributed by atoms with Crippen molar-refractivity contribution >= 4 is 34.8 Å². The average molecular weight is 414 g/mol. The van der Waals surface area contributed by atoms with Crippen LogP contribution < -0.4 is 10.2 Å². The Morgan fingerprint density at radius 2 is 1.66 bits per heavy atom. The van der Waals surface area contributed by atoms with Crippen molar-refractivity contribution in [3.8, 4) is 0 Å². The molecule has 0 saturated carbocycles. The van der Waals surface area contributed by atoms with E-state index in [1.807, 2.05) is 59.5 Å². The predicted molar refractivity (Wildman–Crippen MR) is 118 cm³/mol. The first kappa shape index (κ1) is 21.2. The molecule has 1 aliphatic heterocycles. The van der Waals surface area contributed by atoms with E-state index < -0.39 is 5.38 Å². The summed E-state index contributed by atoms with van der Waals surface area (Å²) in [5, 5.41) is 2.14. The number of unbranched alkanes of at least 4 members (excludes halogenated alkanes) is 1. The maximum absolute atomic E-state index is 12.4. The molecule has 1 atom stereocenters. The minimum atomic E-state index is -0.728. The lowest BCUT2D eigenvalue weighted by Gasteiger charge is -2.36. The van der Waals surface area contributed by atoms with Crippen LogP contribution in [0.2, 0.25) is 0 Å². The zero-order valence-corrected chi connectivity index (χ0v) is 17.6. The van der Waals surface area contributed by atoms with Crippen molar-refractivity contribution in [3.05, 3.63) is 60.2 Å². The van der Waals surface area contributed by atoms with Gasteiger partial charge in [-0.3, -0.25) is 9.59 Å². The van der Waals surface area contributed by atoms with Gasteiger partial charge in [-0.15, -0.1) is 11.6 Å². The summed E-state index contributed by atoms with van der Waals surface area (Å²) in [6.45, 7) is 5.26. The Hall–Kier alpha value is -2.53. The SMILES string of the molecule is CCCCC(=O)N1CCN(c2ccc(NC(=O)C(Cl)c3ccccc3)cc2)CC1. The zero-order valence-electron chi connectivity index (χ0n) is 16.8. The summed E-state index contributed by atoms with van der Waals surface area (Å²) in [6, 6.07) is 17.1. The lowest BCUT2D eigenvalue weighted by molar-refractivity contribution is -0.131. The van der Waals surface area contributed by atoms with Gasteiger partial charge in [0, 0.05) is 44.0 Å². The smallest absolute Gasteiger partial charge is 0.246 e. The van der Waals surface area contributed by atoms with Crippen molar-refractivity contribution < 1.29 is 9.59 Å². The third-order valence-corrected chi connectivity index (χ3v) is 5.65. The van der Waals surface area contributed by atoms with E-state index in [2.05, 4.69) is 17.1 Å². The molecule has 2 amide bonds. The molecule has 0 bridgehead atoms. The minimum Gasteiger partial charge on any atom is -0.368 e. The molecular formula is C23H28ClN3O2. The summed E-state index contributed by atoms with van der Waals surface area (Å²) in [6.07, 6.45) is 2.65. The number of benzene rings is 2. The summed E-state index contributed by atoms with van der Waals surface area (Å²) in [7, 11) is 0. The fourth-order valence-electron chi connectivity index (χ4n) is 3.43. The minimum absolute atomic E-state index is 0.246. The summed E-state index contributed by atoms with van der Waals surface area (Å²) >= 11 is 6.28. The molecule has 0 spiro atoms. The third-order valence-electron chi connectivity index (χ3n) is 5.20. The highest BCUT2D eigenvalue weighted by Crippen LogP contribution is 2.24. The fraction of sp³-hybridized carbons (Fsp3) is 0.391. The van der Waals surface area contributed by atoms with Gasteiger partial charge >= 0.3 is 0 Å². The van der Waals surface area contributed by atoms with E-state index in [9.17, 15) is 9.59 Å². The number of hydrogen-bond acceptors (Lipinski definition) is 3. The number of nitrogens with one attached hydrogen (secondary N) is 1. The van der Waals surface area contributed by atoms with Gasteiger partial charge in [-0.2, -0.15) is 0 Å². The van der Waals surface area contributed by atoms with E-state index in [0.29, 0.717) is 12.1 Å². The molecule has 3 rings (SSSR count). The van der Waals surface area contributed by atoms with Gasteiger partial charge < -0.3 is 15.1 Å². The monoisotopic (exact) mass is 413 g/mol. The lowest BCUT2D eigenvalue weighted by Crippen LogP contribution is -2.48. The molecule has 154 valence electrons. The van der Waals surface area contributed by atoms with Crippen LogP contribution in [0.3, 0.4) is 0 Å². The number of rotatable bonds is 7. The molecule has 1 heterocycles. The molecule has 6 heteroatoms. The Balaban J connectivity index is 1.52. The number of alkyl halides is 1. The van der Waals surface area contributed by atoms with Crippen LogP contribution in [-0.4, -0.2) is 42.9 Å². The molecule has 0 radical (unpaired) electrons. The summed E-state index contributed by atoms with van der Waals surface area (Å²) in [5.41, 5.74) is 2.58. The quantitative estimate of drug-likeness (QED) is 0.682. The van der Waals surface area contributed by atoms with E-state index in [-0.39, 0.29) is 11.8 Å². The first-order valence-corrected chi connectivity index (χ1v) is 10.6. The van der Waals surface area contributed by atoms with Crippen LogP contribution in [0.5, 0.6) is 0 Å². The highest BCUT2D eigenvalue weighted by molar-refractivity contribution is 6.32. The van der Waals surface area contributed by atoms with Crippen molar-refractivity contribution in [3.63, 3.8) is 0 Å². The second kappa shape index (κ2) is 10.3. The van der Waals surface area contributed by atoms with Gasteiger partial charge in [0.25, 0.3) is 0 Å². The van der Waals surface area contributed by atoms with Gasteiger partial charge in [-0.25, -0.2) is 0 Å². The Morgan fingerprint density at radius 1 is 1.00 bits per heavy atom. The van der Waals surface area contributed by atoms with E-state index >= 15 is 0 Å². The van der Waals surface area contributed by atoms with E-state index in [1.54, 1.807) is 0 Å². The maximum atomic E-state index is 12.4. The van der Waals surface area contributed by atoms with E-state index in [1.165, 1.54) is 0 Å². The van der Waals surface area contributed by atoms with Crippen LogP contribution in [0.15, 0.2) is 54.6 Å². The highest BCUT2D eigenvalue weighted by atomic mass is 35.5. The van der Waals surface area contributed by atoms with Crippen molar-refractivity contribution in [2.45, 2.75) is 31.6 Å². The van der Waals surface area contributed by atoms with E-state index in [0.717, 1.165) is 50.3 Å². The highest BCUT2D eigenvalue weighted by Gasteiger charge is 2.21. The van der Waals surface area contributed by atoms with Gasteiger partial charge in [0.1, 0.15) is 5.38 Å². The molecule has 5 nitrogen and oxygen atoms in total. The number of piperazine rings is 1. The Bertz CT molecular complexity index is 803. The summed E-state index contributed by atoms with van der Waals surface area (Å²) in [4.78, 5) is 28.8. The van der Waals surface area contributed by atoms with Crippen LogP contribution in [0.4, 0.5) is 11.4 Å². The number of amides is 2. The van der Waals surface area contributed by atoms with Crippen molar-refractivity contribution in [1.82, 2.24) is 4.90 Å². The summed E-state index contributed by atoms with van der Waals surface area (Å²) < 4.78 is 0. The van der Waals surface area contributed by atoms with Crippen LogP contribution in [0.1, 0.15) is 37.1 Å². The Morgan fingerprint density at radius 3 is 2.28 bits per heavy atom. The van der Waals surface area contributed by atoms with Crippen LogP contribution in [0, 0.1) is 0 Å². The molecule has 1 aliphatic rings. The van der Waals surface area contributed by atoms with Gasteiger partial charge in [0.2, 0.25) is 11.8 Å². The average Bonchev–Trinajstić information content (AvgIpc) is 2.78. The normalized spacial score (nSPS) is 15.1. The first-order valence-electron chi connectivity index (χ1n) is 10.2. The zero-order chi connectivity index (χ0) is 20.6. The maximum Gasteiger partial charge on any atom is 0.246 e. The van der Waals surface area contributed by atoms with Crippen LogP contribution in [-0.2, 0) is 9.59 Å². The third kappa shape index (κ3) is 5.73. The largest absolute Gasteiger partial charge is 0.368 e. The van der Waals surface area contributed by atoms with Gasteiger partial charge in [-0.05, 0) is 36.2 Å². The standard InChI is InChI=1S/C23H28ClN3O2/c1-2-3-9-21(28)27-16-14-26(15-17-27)20-12-10-19(11-13-20)25-23(29)22(24)18-7-5-4-6-8-18/h4-8,10-13,22H,2-3,9,14-17H2,1H3,(H,25,29). The van der Waals surface area contributed by atoms with Gasteiger partial charge in [0.05, 0.1) is 0 Å². The van der Waals surface area contributed by atoms with E-state index in [4.69, 9.17) is 11.6 Å². The molecular weight excluding hydrogens is 386 g/mol. The van der Waals surface area contributed by atoms with Gasteiger partial charge in [0.15, 0.2) is 0 Å². The number of halogens is 1. The molecule has 2 aromatic carbocycles. The van der Waals surface area contributed by atoms with Crippen molar-refractivity contribution in [2.75, 3.05) is 36.4 Å². The molecule has 1 fully saturated rings. The molecule has 0 aromatic heterocycles. The topological polar surface area (TPSA) is 52.7 Å². The number of carbonyl (C=O) groups is 2. The second-order valence-corrected chi connectivity index (χ2v) is 7.72. The van der Waals surface area contributed by atoms with Crippen LogP contribution >= 0.6 is 11.6 Å². The summed E-state index contributed by atoms with van der Waals surface area (Å²) in [5.74, 6) is 0.0171. The predicted octanol–water partition coefficient (Wildman–Crippen LogP) is 4.44. The number of carbonyl (C=O) groups excluding carboxylic acids is 2. The van der Waals surface area contributed by atoms with Gasteiger partial charge in [-0.1, -0.05) is 43.7 Å². The first-order chi connectivity index (χ1) is 14.1. The second-order valence-electron chi connectivity index (χ2n) is 7.28. The van der Waals surface area contributed by atoms with Crippen LogP contribution in [0.25, 0.3) is 0 Å².